The van der Waals surface area contributed by atoms with Crippen LogP contribution in [0.1, 0.15) is 74.7 Å². The van der Waals surface area contributed by atoms with Gasteiger partial charge in [-0.3, -0.25) is 9.59 Å². The molecule has 154 valence electrons. The van der Waals surface area contributed by atoms with Gasteiger partial charge in [-0.2, -0.15) is 13.2 Å². The second kappa shape index (κ2) is 8.61. The first-order valence-electron chi connectivity index (χ1n) is 8.91. The lowest BCUT2D eigenvalue weighted by Gasteiger charge is -2.44. The Bertz CT molecular complexity index is 496. The van der Waals surface area contributed by atoms with Crippen molar-refractivity contribution < 1.29 is 32.2 Å². The molecular weight excluding hydrogens is 349 g/mol. The summed E-state index contributed by atoms with van der Waals surface area (Å²) in [5.41, 5.74) is -2.40. The molecule has 0 saturated carbocycles. The Morgan fingerprint density at radius 2 is 1.50 bits per heavy atom. The van der Waals surface area contributed by atoms with Crippen molar-refractivity contribution in [1.29, 1.82) is 0 Å². The van der Waals surface area contributed by atoms with Crippen molar-refractivity contribution in [2.75, 3.05) is 6.61 Å². The first kappa shape index (κ1) is 24.7. The average molecular weight is 382 g/mol. The molecule has 0 radical (unpaired) electrons. The van der Waals surface area contributed by atoms with E-state index in [1.54, 1.807) is 0 Å². The lowest BCUT2D eigenvalue weighted by molar-refractivity contribution is -0.193. The maximum Gasteiger partial charge on any atom is 0.422 e. The zero-order valence-electron chi connectivity index (χ0n) is 17.2. The van der Waals surface area contributed by atoms with E-state index in [9.17, 15) is 22.8 Å². The van der Waals surface area contributed by atoms with Gasteiger partial charge < -0.3 is 9.47 Å². The molecule has 1 atom stereocenters. The molecule has 7 heteroatoms. The van der Waals surface area contributed by atoms with Crippen LogP contribution in [0.3, 0.4) is 0 Å². The Labute approximate surface area is 154 Å². The molecule has 0 aliphatic heterocycles. The van der Waals surface area contributed by atoms with Gasteiger partial charge >= 0.3 is 18.1 Å². The number of carbonyl (C=O) groups excluding carboxylic acids is 2. The van der Waals surface area contributed by atoms with Crippen molar-refractivity contribution in [2.24, 2.45) is 16.7 Å². The van der Waals surface area contributed by atoms with Crippen LogP contribution in [0.15, 0.2) is 0 Å². The second-order valence-corrected chi connectivity index (χ2v) is 8.77. The van der Waals surface area contributed by atoms with E-state index in [1.807, 2.05) is 41.5 Å². The van der Waals surface area contributed by atoms with E-state index in [0.29, 0.717) is 6.42 Å². The number of alkyl halides is 3. The lowest BCUT2D eigenvalue weighted by atomic mass is 9.61. The van der Waals surface area contributed by atoms with Gasteiger partial charge in [-0.05, 0) is 44.9 Å². The fourth-order valence-electron chi connectivity index (χ4n) is 2.80. The summed E-state index contributed by atoms with van der Waals surface area (Å²) < 4.78 is 46.2. The Morgan fingerprint density at radius 3 is 1.88 bits per heavy atom. The molecule has 0 aliphatic carbocycles. The zero-order chi connectivity index (χ0) is 21.0. The molecular formula is C19H33F3O4. The van der Waals surface area contributed by atoms with Crippen molar-refractivity contribution in [3.63, 3.8) is 0 Å². The molecule has 0 amide bonds. The van der Waals surface area contributed by atoms with Crippen LogP contribution in [0, 0.1) is 16.7 Å². The molecule has 0 spiro atoms. The standard InChI is InChI=1S/C19H33F3O4/c1-9-16(4,5)18(8,10-13(2)3)15(24)26-17(6,7)11-14(23)25-12-19(20,21)22/h13H,9-12H2,1-8H3. The van der Waals surface area contributed by atoms with E-state index in [2.05, 4.69) is 4.74 Å². The minimum absolute atomic E-state index is 0.248. The van der Waals surface area contributed by atoms with E-state index in [-0.39, 0.29) is 11.3 Å². The monoisotopic (exact) mass is 382 g/mol. The van der Waals surface area contributed by atoms with Crippen LogP contribution in [0.5, 0.6) is 0 Å². The van der Waals surface area contributed by atoms with Crippen LogP contribution >= 0.6 is 0 Å². The topological polar surface area (TPSA) is 52.6 Å². The normalized spacial score (nSPS) is 15.5. The van der Waals surface area contributed by atoms with Gasteiger partial charge in [0, 0.05) is 0 Å². The SMILES string of the molecule is CCC(C)(C)C(C)(CC(C)C)C(=O)OC(C)(C)CC(=O)OCC(F)(F)F. The summed E-state index contributed by atoms with van der Waals surface area (Å²) in [6.07, 6.45) is -3.68. The highest BCUT2D eigenvalue weighted by molar-refractivity contribution is 5.79. The number of ether oxygens (including phenoxy) is 2. The van der Waals surface area contributed by atoms with E-state index in [1.165, 1.54) is 13.8 Å². The maximum absolute atomic E-state index is 13.0. The minimum atomic E-state index is -4.59. The number of hydrogen-bond acceptors (Lipinski definition) is 4. The van der Waals surface area contributed by atoms with Crippen molar-refractivity contribution in [1.82, 2.24) is 0 Å². The minimum Gasteiger partial charge on any atom is -0.459 e. The van der Waals surface area contributed by atoms with Crippen molar-refractivity contribution in [3.8, 4) is 0 Å². The zero-order valence-corrected chi connectivity index (χ0v) is 17.2. The molecule has 1 unspecified atom stereocenters. The number of esters is 2. The van der Waals surface area contributed by atoms with Crippen molar-refractivity contribution in [2.45, 2.75) is 86.4 Å². The van der Waals surface area contributed by atoms with Crippen molar-refractivity contribution >= 4 is 11.9 Å². The largest absolute Gasteiger partial charge is 0.459 e. The Morgan fingerprint density at radius 1 is 1.00 bits per heavy atom. The lowest BCUT2D eigenvalue weighted by Crippen LogP contribution is -2.47. The molecule has 0 saturated heterocycles. The van der Waals surface area contributed by atoms with E-state index in [4.69, 9.17) is 4.74 Å². The molecule has 0 bridgehead atoms. The predicted molar refractivity (Wildman–Crippen MR) is 93.4 cm³/mol. The van der Waals surface area contributed by atoms with Crippen LogP contribution in [0.2, 0.25) is 0 Å². The highest BCUT2D eigenvalue weighted by Gasteiger charge is 2.49. The first-order valence-corrected chi connectivity index (χ1v) is 8.91. The Hall–Kier alpha value is -1.27. The second-order valence-electron chi connectivity index (χ2n) is 8.77. The molecule has 0 aromatic carbocycles. The molecule has 0 N–H and O–H groups in total. The van der Waals surface area contributed by atoms with Gasteiger partial charge in [0.15, 0.2) is 6.61 Å². The highest BCUT2D eigenvalue weighted by atomic mass is 19.4. The molecule has 0 aliphatic rings. The van der Waals surface area contributed by atoms with E-state index >= 15 is 0 Å². The van der Waals surface area contributed by atoms with Gasteiger partial charge in [0.1, 0.15) is 5.60 Å². The molecule has 0 rings (SSSR count). The summed E-state index contributed by atoms with van der Waals surface area (Å²) >= 11 is 0. The van der Waals surface area contributed by atoms with Gasteiger partial charge in [-0.1, -0.05) is 34.6 Å². The average Bonchev–Trinajstić information content (AvgIpc) is 2.42. The van der Waals surface area contributed by atoms with Crippen LogP contribution < -0.4 is 0 Å². The fraction of sp³-hybridized carbons (Fsp3) is 0.895. The molecule has 0 aromatic heterocycles. The van der Waals surface area contributed by atoms with E-state index in [0.717, 1.165) is 6.42 Å². The fourth-order valence-corrected chi connectivity index (χ4v) is 2.80. The molecule has 26 heavy (non-hydrogen) atoms. The predicted octanol–water partition coefficient (Wildman–Crippen LogP) is 5.29. The smallest absolute Gasteiger partial charge is 0.422 e. The Balaban J connectivity index is 5.19. The van der Waals surface area contributed by atoms with Gasteiger partial charge in [0.2, 0.25) is 0 Å². The highest BCUT2D eigenvalue weighted by Crippen LogP contribution is 2.47. The van der Waals surface area contributed by atoms with Crippen LogP contribution in [0.4, 0.5) is 13.2 Å². The number of rotatable bonds is 9. The summed E-state index contributed by atoms with van der Waals surface area (Å²) in [5.74, 6) is -1.26. The van der Waals surface area contributed by atoms with Crippen LogP contribution in [-0.2, 0) is 19.1 Å². The quantitative estimate of drug-likeness (QED) is 0.508. The third-order valence-electron chi connectivity index (χ3n) is 4.98. The first-order chi connectivity index (χ1) is 11.5. The van der Waals surface area contributed by atoms with Gasteiger partial charge in [0.25, 0.3) is 0 Å². The maximum atomic E-state index is 13.0. The Kier molecular flexibility index (Phi) is 8.19. The van der Waals surface area contributed by atoms with Crippen LogP contribution in [0.25, 0.3) is 0 Å². The van der Waals surface area contributed by atoms with Gasteiger partial charge in [-0.15, -0.1) is 0 Å². The van der Waals surface area contributed by atoms with Gasteiger partial charge in [0.05, 0.1) is 11.8 Å². The third kappa shape index (κ3) is 7.54. The summed E-state index contributed by atoms with van der Waals surface area (Å²) in [6, 6.07) is 0. The van der Waals surface area contributed by atoms with E-state index < -0.39 is 42.2 Å². The summed E-state index contributed by atoms with van der Waals surface area (Å²) in [6.45, 7) is 13.2. The molecule has 0 aromatic rings. The number of hydrogen-bond donors (Lipinski definition) is 0. The van der Waals surface area contributed by atoms with Crippen molar-refractivity contribution in [3.05, 3.63) is 0 Å². The number of carbonyl (C=O) groups is 2. The van der Waals surface area contributed by atoms with Crippen LogP contribution in [-0.4, -0.2) is 30.3 Å². The summed E-state index contributed by atoms with van der Waals surface area (Å²) in [4.78, 5) is 24.6. The molecule has 0 heterocycles. The van der Waals surface area contributed by atoms with Gasteiger partial charge in [-0.25, -0.2) is 0 Å². The third-order valence-corrected chi connectivity index (χ3v) is 4.98. The molecule has 4 nitrogen and oxygen atoms in total. The molecule has 0 fully saturated rings. The summed E-state index contributed by atoms with van der Waals surface area (Å²) in [5, 5.41) is 0. The summed E-state index contributed by atoms with van der Waals surface area (Å²) in [7, 11) is 0. The number of halogens is 3.